The zero-order valence-corrected chi connectivity index (χ0v) is 19.0. The van der Waals surface area contributed by atoms with Gasteiger partial charge in [-0.2, -0.15) is 0 Å². The zero-order chi connectivity index (χ0) is 23.1. The summed E-state index contributed by atoms with van der Waals surface area (Å²) < 4.78 is 24.8. The molecule has 2 N–H and O–H groups in total. The van der Waals surface area contributed by atoms with Gasteiger partial charge in [-0.15, -0.1) is 0 Å². The lowest BCUT2D eigenvalue weighted by Gasteiger charge is -2.38. The Labute approximate surface area is 188 Å². The number of anilines is 1. The summed E-state index contributed by atoms with van der Waals surface area (Å²) in [4.78, 5) is 18.5. The van der Waals surface area contributed by atoms with Gasteiger partial charge in [0.2, 0.25) is 5.91 Å². The van der Waals surface area contributed by atoms with E-state index in [1.165, 1.54) is 19.1 Å². The third-order valence-electron chi connectivity index (χ3n) is 5.12. The van der Waals surface area contributed by atoms with Crippen LogP contribution in [0.2, 0.25) is 0 Å². The first kappa shape index (κ1) is 23.5. The van der Waals surface area contributed by atoms with Gasteiger partial charge in [-0.05, 0) is 49.2 Å². The molecule has 2 aromatic rings. The minimum atomic E-state index is -0.262. The van der Waals surface area contributed by atoms with Crippen LogP contribution in [0.4, 0.5) is 10.1 Å². The number of methoxy groups -OCH3 is 1. The lowest BCUT2D eigenvalue weighted by molar-refractivity contribution is -0.114. The standard InChI is InChI=1S/C24H31FN4O3/c1-5-26-24(27-13-18-6-11-22(31-4)21(12-18)28-17(3)30)29-14-16(2)32-23(15-29)19-7-9-20(25)10-8-19/h6-12,16,23H,5,13-15H2,1-4H3,(H,26,27)(H,28,30). The van der Waals surface area contributed by atoms with Crippen molar-refractivity contribution in [2.75, 3.05) is 32.1 Å². The Bertz CT molecular complexity index is 949. The van der Waals surface area contributed by atoms with Crippen molar-refractivity contribution in [1.29, 1.82) is 0 Å². The van der Waals surface area contributed by atoms with Gasteiger partial charge >= 0.3 is 0 Å². The fourth-order valence-corrected chi connectivity index (χ4v) is 3.72. The van der Waals surface area contributed by atoms with Crippen molar-refractivity contribution >= 4 is 17.6 Å². The Morgan fingerprint density at radius 3 is 2.66 bits per heavy atom. The normalized spacial score (nSPS) is 18.9. The molecule has 1 saturated heterocycles. The van der Waals surface area contributed by atoms with Crippen LogP contribution in [0.25, 0.3) is 0 Å². The smallest absolute Gasteiger partial charge is 0.221 e. The van der Waals surface area contributed by atoms with Crippen molar-refractivity contribution in [3.8, 4) is 5.75 Å². The molecule has 2 aromatic carbocycles. The lowest BCUT2D eigenvalue weighted by atomic mass is 10.1. The molecule has 0 bridgehead atoms. The van der Waals surface area contributed by atoms with Crippen LogP contribution in [0.1, 0.15) is 38.0 Å². The number of amides is 1. The monoisotopic (exact) mass is 442 g/mol. The number of carbonyl (C=O) groups excluding carboxylic acids is 1. The van der Waals surface area contributed by atoms with Gasteiger partial charge in [-0.25, -0.2) is 9.38 Å². The highest BCUT2D eigenvalue weighted by molar-refractivity contribution is 5.90. The maximum Gasteiger partial charge on any atom is 0.221 e. The van der Waals surface area contributed by atoms with Crippen molar-refractivity contribution in [3.63, 3.8) is 0 Å². The molecule has 1 heterocycles. The van der Waals surface area contributed by atoms with E-state index in [1.807, 2.05) is 32.0 Å². The molecule has 1 fully saturated rings. The van der Waals surface area contributed by atoms with E-state index in [4.69, 9.17) is 14.5 Å². The Balaban J connectivity index is 1.79. The van der Waals surface area contributed by atoms with Crippen molar-refractivity contribution < 1.29 is 18.7 Å². The van der Waals surface area contributed by atoms with E-state index < -0.39 is 0 Å². The lowest BCUT2D eigenvalue weighted by Crippen LogP contribution is -2.50. The Kier molecular flexibility index (Phi) is 8.05. The number of hydrogen-bond acceptors (Lipinski definition) is 4. The average molecular weight is 443 g/mol. The second-order valence-corrected chi connectivity index (χ2v) is 7.78. The predicted molar refractivity (Wildman–Crippen MR) is 123 cm³/mol. The third kappa shape index (κ3) is 6.20. The molecule has 3 rings (SSSR count). The number of ether oxygens (including phenoxy) is 2. The number of rotatable bonds is 6. The molecule has 0 radical (unpaired) electrons. The summed E-state index contributed by atoms with van der Waals surface area (Å²) in [5.41, 5.74) is 2.50. The topological polar surface area (TPSA) is 75.2 Å². The molecule has 32 heavy (non-hydrogen) atoms. The molecular weight excluding hydrogens is 411 g/mol. The van der Waals surface area contributed by atoms with E-state index in [9.17, 15) is 9.18 Å². The highest BCUT2D eigenvalue weighted by Gasteiger charge is 2.28. The molecule has 2 atom stereocenters. The van der Waals surface area contributed by atoms with Crippen LogP contribution in [0.15, 0.2) is 47.5 Å². The first-order chi connectivity index (χ1) is 15.4. The summed E-state index contributed by atoms with van der Waals surface area (Å²) in [6, 6.07) is 12.1. The van der Waals surface area contributed by atoms with Crippen LogP contribution in [-0.2, 0) is 16.1 Å². The number of guanidine groups is 1. The number of aliphatic imine (C=N–C) groups is 1. The maximum absolute atomic E-state index is 13.3. The Morgan fingerprint density at radius 2 is 2.00 bits per heavy atom. The largest absolute Gasteiger partial charge is 0.495 e. The SMILES string of the molecule is CCNC(=NCc1ccc(OC)c(NC(C)=O)c1)N1CC(C)OC(c2ccc(F)cc2)C1. The predicted octanol–water partition coefficient (Wildman–Crippen LogP) is 3.72. The van der Waals surface area contributed by atoms with Gasteiger partial charge in [-0.3, -0.25) is 4.79 Å². The fourth-order valence-electron chi connectivity index (χ4n) is 3.72. The quantitative estimate of drug-likeness (QED) is 0.527. The van der Waals surface area contributed by atoms with Crippen molar-refractivity contribution in [3.05, 3.63) is 59.4 Å². The van der Waals surface area contributed by atoms with Crippen molar-refractivity contribution in [1.82, 2.24) is 10.2 Å². The van der Waals surface area contributed by atoms with Gasteiger partial charge in [0.25, 0.3) is 0 Å². The molecule has 1 aliphatic rings. The van der Waals surface area contributed by atoms with Gasteiger partial charge in [0, 0.05) is 20.0 Å². The maximum atomic E-state index is 13.3. The van der Waals surface area contributed by atoms with Crippen molar-refractivity contribution in [2.24, 2.45) is 4.99 Å². The summed E-state index contributed by atoms with van der Waals surface area (Å²) >= 11 is 0. The van der Waals surface area contributed by atoms with Crippen LogP contribution >= 0.6 is 0 Å². The van der Waals surface area contributed by atoms with Crippen LogP contribution in [0.3, 0.4) is 0 Å². The molecule has 172 valence electrons. The highest BCUT2D eigenvalue weighted by atomic mass is 19.1. The molecule has 7 nitrogen and oxygen atoms in total. The molecule has 0 saturated carbocycles. The number of benzene rings is 2. The van der Waals surface area contributed by atoms with Crippen molar-refractivity contribution in [2.45, 2.75) is 39.5 Å². The Hall–Kier alpha value is -3.13. The highest BCUT2D eigenvalue weighted by Crippen LogP contribution is 2.27. The summed E-state index contributed by atoms with van der Waals surface area (Å²) in [6.07, 6.45) is -0.175. The number of carbonyl (C=O) groups is 1. The number of halogens is 1. The molecule has 0 spiro atoms. The van der Waals surface area contributed by atoms with Gasteiger partial charge in [0.15, 0.2) is 5.96 Å². The minimum Gasteiger partial charge on any atom is -0.495 e. The minimum absolute atomic E-state index is 0.00462. The molecular formula is C24H31FN4O3. The number of morpholine rings is 1. The summed E-state index contributed by atoms with van der Waals surface area (Å²) in [5.74, 6) is 0.963. The van der Waals surface area contributed by atoms with Gasteiger partial charge in [0.05, 0.1) is 32.0 Å². The number of nitrogens with zero attached hydrogens (tertiary/aromatic N) is 2. The third-order valence-corrected chi connectivity index (χ3v) is 5.12. The molecule has 2 unspecified atom stereocenters. The van der Waals surface area contributed by atoms with Crippen LogP contribution in [-0.4, -0.2) is 49.6 Å². The zero-order valence-electron chi connectivity index (χ0n) is 19.0. The van der Waals surface area contributed by atoms with E-state index in [-0.39, 0.29) is 23.9 Å². The Morgan fingerprint density at radius 1 is 1.25 bits per heavy atom. The number of nitrogens with one attached hydrogen (secondary N) is 2. The first-order valence-corrected chi connectivity index (χ1v) is 10.8. The molecule has 1 aliphatic heterocycles. The molecule has 1 amide bonds. The van der Waals surface area contributed by atoms with Gasteiger partial charge in [0.1, 0.15) is 17.7 Å². The van der Waals surface area contributed by atoms with Crippen LogP contribution in [0, 0.1) is 5.82 Å². The van der Waals surface area contributed by atoms with E-state index in [1.54, 1.807) is 19.2 Å². The summed E-state index contributed by atoms with van der Waals surface area (Å²) in [6.45, 7) is 7.99. The molecule has 8 heteroatoms. The van der Waals surface area contributed by atoms with Gasteiger partial charge in [-0.1, -0.05) is 18.2 Å². The molecule has 0 aromatic heterocycles. The van der Waals surface area contributed by atoms with E-state index in [0.717, 1.165) is 23.6 Å². The average Bonchev–Trinajstić information content (AvgIpc) is 2.76. The molecule has 0 aliphatic carbocycles. The van der Waals surface area contributed by atoms with Crippen LogP contribution in [0.5, 0.6) is 5.75 Å². The van der Waals surface area contributed by atoms with Gasteiger partial charge < -0.3 is 25.0 Å². The second kappa shape index (κ2) is 10.9. The van der Waals surface area contributed by atoms with E-state index in [2.05, 4.69) is 15.5 Å². The van der Waals surface area contributed by atoms with E-state index in [0.29, 0.717) is 31.1 Å². The fraction of sp³-hybridized carbons (Fsp3) is 0.417. The first-order valence-electron chi connectivity index (χ1n) is 10.8. The van der Waals surface area contributed by atoms with Crippen LogP contribution < -0.4 is 15.4 Å². The number of hydrogen-bond donors (Lipinski definition) is 2. The van der Waals surface area contributed by atoms with E-state index >= 15 is 0 Å². The summed E-state index contributed by atoms with van der Waals surface area (Å²) in [7, 11) is 1.57. The second-order valence-electron chi connectivity index (χ2n) is 7.78. The summed E-state index contributed by atoms with van der Waals surface area (Å²) in [5, 5.41) is 6.15.